The average molecular weight is 308 g/mol. The molecule has 0 radical (unpaired) electrons. The molecule has 0 saturated carbocycles. The topological polar surface area (TPSA) is 38.1 Å². The molecule has 0 N–H and O–H groups in total. The van der Waals surface area contributed by atoms with E-state index in [1.807, 2.05) is 12.3 Å². The number of carbonyl (C=O) groups excluding carboxylic acids is 1. The minimum absolute atomic E-state index is 0.0486. The molecule has 21 heavy (non-hydrogen) atoms. The van der Waals surface area contributed by atoms with Crippen LogP contribution in [0.2, 0.25) is 5.02 Å². The molecule has 1 aromatic carbocycles. The molecule has 2 heterocycles. The predicted octanol–water partition coefficient (Wildman–Crippen LogP) is 2.98. The molecule has 1 saturated heterocycles. The minimum Gasteiger partial charge on any atom is -0.334 e. The smallest absolute Gasteiger partial charge is 0.257 e. The second kappa shape index (κ2) is 5.85. The molecule has 0 spiro atoms. The van der Waals surface area contributed by atoms with Crippen LogP contribution in [-0.2, 0) is 6.54 Å². The fourth-order valence-corrected chi connectivity index (χ4v) is 2.89. The molecule has 1 aromatic heterocycles. The Labute approximate surface area is 127 Å². The van der Waals surface area contributed by atoms with E-state index in [0.29, 0.717) is 18.1 Å². The summed E-state index contributed by atoms with van der Waals surface area (Å²) in [6, 6.07) is 6.06. The molecular weight excluding hydrogens is 293 g/mol. The van der Waals surface area contributed by atoms with Crippen molar-refractivity contribution >= 4 is 17.5 Å². The number of rotatable bonds is 3. The van der Waals surface area contributed by atoms with E-state index in [4.69, 9.17) is 11.6 Å². The number of benzene rings is 1. The van der Waals surface area contributed by atoms with Gasteiger partial charge in [0.2, 0.25) is 0 Å². The Balaban J connectivity index is 1.79. The van der Waals surface area contributed by atoms with E-state index < -0.39 is 5.82 Å². The number of likely N-dealkylation sites (tertiary alicyclic amines) is 1. The molecule has 1 fully saturated rings. The fourth-order valence-electron chi connectivity index (χ4n) is 2.73. The first-order valence-corrected chi connectivity index (χ1v) is 7.26. The van der Waals surface area contributed by atoms with Crippen LogP contribution in [0.25, 0.3) is 0 Å². The van der Waals surface area contributed by atoms with Crippen LogP contribution >= 0.6 is 11.6 Å². The van der Waals surface area contributed by atoms with Gasteiger partial charge in [-0.3, -0.25) is 9.48 Å². The van der Waals surface area contributed by atoms with Crippen molar-refractivity contribution in [3.05, 3.63) is 53.1 Å². The zero-order valence-corrected chi connectivity index (χ0v) is 12.1. The summed E-state index contributed by atoms with van der Waals surface area (Å²) in [5.41, 5.74) is 0.0757. The van der Waals surface area contributed by atoms with E-state index in [2.05, 4.69) is 5.10 Å². The fraction of sp³-hybridized carbons (Fsp3) is 0.333. The number of hydrogen-bond acceptors (Lipinski definition) is 2. The summed E-state index contributed by atoms with van der Waals surface area (Å²) >= 11 is 5.73. The van der Waals surface area contributed by atoms with Gasteiger partial charge in [0.1, 0.15) is 5.82 Å². The summed E-state index contributed by atoms with van der Waals surface area (Å²) in [4.78, 5) is 14.3. The molecular formula is C15H15ClFN3O. The predicted molar refractivity (Wildman–Crippen MR) is 77.7 cm³/mol. The lowest BCUT2D eigenvalue weighted by molar-refractivity contribution is 0.0717. The maximum absolute atomic E-state index is 13.9. The zero-order chi connectivity index (χ0) is 14.8. The average Bonchev–Trinajstić information content (AvgIpc) is 3.10. The Morgan fingerprint density at radius 1 is 1.48 bits per heavy atom. The molecule has 1 aliphatic heterocycles. The zero-order valence-electron chi connectivity index (χ0n) is 11.4. The van der Waals surface area contributed by atoms with E-state index in [1.165, 1.54) is 18.2 Å². The molecule has 4 nitrogen and oxygen atoms in total. The van der Waals surface area contributed by atoms with E-state index in [1.54, 1.807) is 15.8 Å². The van der Waals surface area contributed by atoms with E-state index in [0.717, 1.165) is 12.8 Å². The molecule has 110 valence electrons. The molecule has 0 bridgehead atoms. The quantitative estimate of drug-likeness (QED) is 0.874. The van der Waals surface area contributed by atoms with Crippen LogP contribution in [0.4, 0.5) is 4.39 Å². The van der Waals surface area contributed by atoms with Crippen LogP contribution in [0.3, 0.4) is 0 Å². The molecule has 2 aromatic rings. The van der Waals surface area contributed by atoms with Crippen molar-refractivity contribution in [2.24, 2.45) is 0 Å². The summed E-state index contributed by atoms with van der Waals surface area (Å²) in [6.45, 7) is 1.28. The third-order valence-electron chi connectivity index (χ3n) is 3.76. The van der Waals surface area contributed by atoms with Gasteiger partial charge in [-0.25, -0.2) is 4.39 Å². The van der Waals surface area contributed by atoms with Crippen molar-refractivity contribution in [3.8, 4) is 0 Å². The first-order valence-electron chi connectivity index (χ1n) is 6.88. The minimum atomic E-state index is -0.572. The van der Waals surface area contributed by atoms with Gasteiger partial charge in [-0.1, -0.05) is 11.6 Å². The van der Waals surface area contributed by atoms with E-state index >= 15 is 0 Å². The highest BCUT2D eigenvalue weighted by Gasteiger charge is 2.31. The molecule has 6 heteroatoms. The van der Waals surface area contributed by atoms with Crippen LogP contribution in [0.5, 0.6) is 0 Å². The van der Waals surface area contributed by atoms with Gasteiger partial charge in [-0.15, -0.1) is 0 Å². The highest BCUT2D eigenvalue weighted by molar-refractivity contribution is 6.30. The van der Waals surface area contributed by atoms with Gasteiger partial charge in [-0.05, 0) is 37.1 Å². The van der Waals surface area contributed by atoms with E-state index in [9.17, 15) is 9.18 Å². The largest absolute Gasteiger partial charge is 0.334 e. The number of amides is 1. The van der Waals surface area contributed by atoms with Gasteiger partial charge in [0, 0.05) is 24.0 Å². The highest BCUT2D eigenvalue weighted by Crippen LogP contribution is 2.23. The van der Waals surface area contributed by atoms with Crippen LogP contribution in [0.1, 0.15) is 23.2 Å². The second-order valence-corrected chi connectivity index (χ2v) is 5.58. The van der Waals surface area contributed by atoms with Crippen molar-refractivity contribution in [3.63, 3.8) is 0 Å². The summed E-state index contributed by atoms with van der Waals surface area (Å²) in [5, 5.41) is 4.45. The second-order valence-electron chi connectivity index (χ2n) is 5.15. The highest BCUT2D eigenvalue weighted by atomic mass is 35.5. The van der Waals surface area contributed by atoms with Crippen molar-refractivity contribution in [2.75, 3.05) is 6.54 Å². The third kappa shape index (κ3) is 2.93. The molecule has 0 unspecified atom stereocenters. The van der Waals surface area contributed by atoms with E-state index in [-0.39, 0.29) is 17.5 Å². The monoisotopic (exact) mass is 307 g/mol. The van der Waals surface area contributed by atoms with Crippen molar-refractivity contribution in [2.45, 2.75) is 25.4 Å². The maximum Gasteiger partial charge on any atom is 0.257 e. The first kappa shape index (κ1) is 14.1. The lowest BCUT2D eigenvalue weighted by atomic mass is 10.1. The lowest BCUT2D eigenvalue weighted by Crippen LogP contribution is -2.38. The standard InChI is InChI=1S/C15H15ClFN3O/c16-11-4-5-13(14(17)9-11)15(21)20-8-1-3-12(20)10-19-7-2-6-18-19/h2,4-7,9,12H,1,3,8,10H2/t12-/m0/s1. The van der Waals surface area contributed by atoms with Gasteiger partial charge in [0.15, 0.2) is 0 Å². The Bertz CT molecular complexity index is 644. The number of hydrogen-bond donors (Lipinski definition) is 0. The van der Waals surface area contributed by atoms with Crippen molar-refractivity contribution in [1.82, 2.24) is 14.7 Å². The Morgan fingerprint density at radius 2 is 2.33 bits per heavy atom. The Hall–Kier alpha value is -1.88. The first-order chi connectivity index (χ1) is 10.1. The summed E-state index contributed by atoms with van der Waals surface area (Å²) < 4.78 is 15.7. The van der Waals surface area contributed by atoms with Crippen LogP contribution < -0.4 is 0 Å². The third-order valence-corrected chi connectivity index (χ3v) is 3.99. The molecule has 1 atom stereocenters. The van der Waals surface area contributed by atoms with Crippen LogP contribution in [0, 0.1) is 5.82 Å². The van der Waals surface area contributed by atoms with Crippen LogP contribution in [-0.4, -0.2) is 33.2 Å². The normalized spacial score (nSPS) is 18.2. The SMILES string of the molecule is O=C(c1ccc(Cl)cc1F)N1CCC[C@H]1Cn1cccn1. The number of halogens is 2. The van der Waals surface area contributed by atoms with Crippen LogP contribution in [0.15, 0.2) is 36.7 Å². The maximum atomic E-state index is 13.9. The molecule has 3 rings (SSSR count). The molecule has 0 aliphatic carbocycles. The molecule has 1 aliphatic rings. The lowest BCUT2D eigenvalue weighted by Gasteiger charge is -2.25. The summed E-state index contributed by atoms with van der Waals surface area (Å²) in [6.07, 6.45) is 5.40. The van der Waals surface area contributed by atoms with Gasteiger partial charge in [0.25, 0.3) is 5.91 Å². The van der Waals surface area contributed by atoms with Gasteiger partial charge in [0.05, 0.1) is 18.2 Å². The van der Waals surface area contributed by atoms with Gasteiger partial charge >= 0.3 is 0 Å². The summed E-state index contributed by atoms with van der Waals surface area (Å²) in [5.74, 6) is -0.851. The Kier molecular flexibility index (Phi) is 3.92. The van der Waals surface area contributed by atoms with Crippen molar-refractivity contribution < 1.29 is 9.18 Å². The summed E-state index contributed by atoms with van der Waals surface area (Å²) in [7, 11) is 0. The Morgan fingerprint density at radius 3 is 3.05 bits per heavy atom. The molecule has 1 amide bonds. The number of aromatic nitrogens is 2. The van der Waals surface area contributed by atoms with Gasteiger partial charge < -0.3 is 4.90 Å². The van der Waals surface area contributed by atoms with Crippen molar-refractivity contribution in [1.29, 1.82) is 0 Å². The number of nitrogens with zero attached hydrogens (tertiary/aromatic N) is 3. The number of carbonyl (C=O) groups is 1. The van der Waals surface area contributed by atoms with Gasteiger partial charge in [-0.2, -0.15) is 5.10 Å².